The van der Waals surface area contributed by atoms with Gasteiger partial charge in [-0.05, 0) is 38.0 Å². The highest BCUT2D eigenvalue weighted by Gasteiger charge is 2.29. The number of para-hydroxylation sites is 1. The molecule has 144 valence electrons. The average Bonchev–Trinajstić information content (AvgIpc) is 2.99. The Labute approximate surface area is 164 Å². The maximum Gasteiger partial charge on any atom is 0.252 e. The number of aryl methyl sites for hydroxylation is 2. The Bertz CT molecular complexity index is 1190. The molecule has 0 bridgehead atoms. The predicted molar refractivity (Wildman–Crippen MR) is 111 cm³/mol. The van der Waals surface area contributed by atoms with Crippen LogP contribution in [-0.2, 0) is 9.84 Å². The van der Waals surface area contributed by atoms with Crippen molar-refractivity contribution < 1.29 is 13.2 Å². The number of hydrogen-bond donors (Lipinski definition) is 1. The standard InChI is InChI=1S/C22H22N2O3S/c1-14-7-8-17(15(2)11-14)21-12-19(18-5-3-4-6-20(18)24-21)22(25)23-16-9-10-28(26,27)13-16/h3-8,11-12,16H,9-10,13H2,1-2H3,(H,23,25). The maximum absolute atomic E-state index is 13.0. The van der Waals surface area contributed by atoms with Gasteiger partial charge in [0.25, 0.3) is 5.91 Å². The first-order chi connectivity index (χ1) is 13.3. The fraction of sp³-hybridized carbons (Fsp3) is 0.273. The van der Waals surface area contributed by atoms with E-state index in [1.807, 2.05) is 50.2 Å². The van der Waals surface area contributed by atoms with Gasteiger partial charge in [-0.1, -0.05) is 42.0 Å². The van der Waals surface area contributed by atoms with Crippen LogP contribution in [0.25, 0.3) is 22.2 Å². The number of hydrogen-bond acceptors (Lipinski definition) is 4. The van der Waals surface area contributed by atoms with Crippen molar-refractivity contribution in [2.24, 2.45) is 0 Å². The van der Waals surface area contributed by atoms with Crippen LogP contribution >= 0.6 is 0 Å². The number of nitrogens with one attached hydrogen (secondary N) is 1. The number of aromatic nitrogens is 1. The van der Waals surface area contributed by atoms with E-state index in [2.05, 4.69) is 11.4 Å². The lowest BCUT2D eigenvalue weighted by molar-refractivity contribution is 0.0943. The summed E-state index contributed by atoms with van der Waals surface area (Å²) in [6, 6.07) is 15.1. The Morgan fingerprint density at radius 2 is 1.89 bits per heavy atom. The SMILES string of the molecule is Cc1ccc(-c2cc(C(=O)NC3CCS(=O)(=O)C3)c3ccccc3n2)c(C)c1. The third-order valence-corrected chi connectivity index (χ3v) is 6.95. The fourth-order valence-electron chi connectivity index (χ4n) is 3.77. The molecule has 0 aliphatic carbocycles. The lowest BCUT2D eigenvalue weighted by Gasteiger charge is -2.14. The summed E-state index contributed by atoms with van der Waals surface area (Å²) in [6.45, 7) is 4.07. The van der Waals surface area contributed by atoms with Crippen LogP contribution in [0.1, 0.15) is 27.9 Å². The van der Waals surface area contributed by atoms with Crippen LogP contribution in [0.5, 0.6) is 0 Å². The third-order valence-electron chi connectivity index (χ3n) is 5.19. The minimum absolute atomic E-state index is 0.00564. The van der Waals surface area contributed by atoms with Gasteiger partial charge in [-0.2, -0.15) is 0 Å². The molecule has 2 heterocycles. The van der Waals surface area contributed by atoms with E-state index in [9.17, 15) is 13.2 Å². The molecule has 2 aromatic carbocycles. The van der Waals surface area contributed by atoms with Crippen molar-refractivity contribution in [3.05, 3.63) is 65.2 Å². The highest BCUT2D eigenvalue weighted by molar-refractivity contribution is 7.91. The van der Waals surface area contributed by atoms with Gasteiger partial charge in [-0.15, -0.1) is 0 Å². The number of carbonyl (C=O) groups is 1. The van der Waals surface area contributed by atoms with Crippen molar-refractivity contribution in [1.29, 1.82) is 0 Å². The second kappa shape index (κ2) is 7.02. The third kappa shape index (κ3) is 3.64. The molecule has 5 nitrogen and oxygen atoms in total. The normalized spacial score (nSPS) is 18.3. The molecule has 1 unspecified atom stereocenters. The molecule has 0 spiro atoms. The van der Waals surface area contributed by atoms with Crippen molar-refractivity contribution in [2.75, 3.05) is 11.5 Å². The van der Waals surface area contributed by atoms with E-state index in [4.69, 9.17) is 4.98 Å². The number of pyridine rings is 1. The van der Waals surface area contributed by atoms with E-state index in [-0.39, 0.29) is 23.5 Å². The Kier molecular flexibility index (Phi) is 4.67. The second-order valence-corrected chi connectivity index (χ2v) is 9.69. The van der Waals surface area contributed by atoms with Gasteiger partial charge in [-0.25, -0.2) is 13.4 Å². The van der Waals surface area contributed by atoms with E-state index in [0.717, 1.165) is 27.7 Å². The van der Waals surface area contributed by atoms with Gasteiger partial charge in [0.2, 0.25) is 0 Å². The molecule has 1 N–H and O–H groups in total. The first kappa shape index (κ1) is 18.6. The van der Waals surface area contributed by atoms with E-state index in [0.29, 0.717) is 12.0 Å². The lowest BCUT2D eigenvalue weighted by Crippen LogP contribution is -2.35. The number of sulfone groups is 1. The highest BCUT2D eigenvalue weighted by atomic mass is 32.2. The summed E-state index contributed by atoms with van der Waals surface area (Å²) in [5, 5.41) is 3.66. The minimum Gasteiger partial charge on any atom is -0.348 e. The zero-order chi connectivity index (χ0) is 19.9. The number of nitrogens with zero attached hydrogens (tertiary/aromatic N) is 1. The Morgan fingerprint density at radius 1 is 1.11 bits per heavy atom. The largest absolute Gasteiger partial charge is 0.348 e. The Morgan fingerprint density at radius 3 is 2.61 bits per heavy atom. The molecule has 3 aromatic rings. The molecular formula is C22H22N2O3S. The summed E-state index contributed by atoms with van der Waals surface area (Å²) in [7, 11) is -3.05. The number of carbonyl (C=O) groups excluding carboxylic acids is 1. The molecule has 1 saturated heterocycles. The van der Waals surface area contributed by atoms with E-state index < -0.39 is 9.84 Å². The molecule has 0 radical (unpaired) electrons. The van der Waals surface area contributed by atoms with E-state index >= 15 is 0 Å². The zero-order valence-electron chi connectivity index (χ0n) is 15.9. The molecule has 1 aliphatic heterocycles. The van der Waals surface area contributed by atoms with Crippen molar-refractivity contribution in [3.63, 3.8) is 0 Å². The summed E-state index contributed by atoms with van der Waals surface area (Å²) < 4.78 is 23.4. The van der Waals surface area contributed by atoms with Gasteiger partial charge in [-0.3, -0.25) is 4.79 Å². The lowest BCUT2D eigenvalue weighted by atomic mass is 9.99. The quantitative estimate of drug-likeness (QED) is 0.738. The summed E-state index contributed by atoms with van der Waals surface area (Å²) in [4.78, 5) is 17.8. The minimum atomic E-state index is -3.05. The van der Waals surface area contributed by atoms with Crippen LogP contribution in [-0.4, -0.2) is 36.9 Å². The van der Waals surface area contributed by atoms with Gasteiger partial charge >= 0.3 is 0 Å². The highest BCUT2D eigenvalue weighted by Crippen LogP contribution is 2.28. The number of fused-ring (bicyclic) bond motifs is 1. The molecular weight excluding hydrogens is 372 g/mol. The van der Waals surface area contributed by atoms with Gasteiger partial charge in [0.15, 0.2) is 9.84 Å². The molecule has 0 saturated carbocycles. The first-order valence-electron chi connectivity index (χ1n) is 9.31. The van der Waals surface area contributed by atoms with Crippen LogP contribution in [0.2, 0.25) is 0 Å². The van der Waals surface area contributed by atoms with E-state index in [1.54, 1.807) is 6.07 Å². The molecule has 4 rings (SSSR count). The molecule has 1 atom stereocenters. The zero-order valence-corrected chi connectivity index (χ0v) is 16.7. The van der Waals surface area contributed by atoms with Crippen LogP contribution in [0.3, 0.4) is 0 Å². The van der Waals surface area contributed by atoms with Crippen molar-refractivity contribution in [3.8, 4) is 11.3 Å². The molecule has 1 aliphatic rings. The van der Waals surface area contributed by atoms with Crippen molar-refractivity contribution in [2.45, 2.75) is 26.3 Å². The van der Waals surface area contributed by atoms with Crippen molar-refractivity contribution in [1.82, 2.24) is 10.3 Å². The van der Waals surface area contributed by atoms with Gasteiger partial charge < -0.3 is 5.32 Å². The predicted octanol–water partition coefficient (Wildman–Crippen LogP) is 3.44. The Hall–Kier alpha value is -2.73. The smallest absolute Gasteiger partial charge is 0.252 e. The average molecular weight is 394 g/mol. The first-order valence-corrected chi connectivity index (χ1v) is 11.1. The van der Waals surface area contributed by atoms with Crippen LogP contribution < -0.4 is 5.32 Å². The summed E-state index contributed by atoms with van der Waals surface area (Å²) in [5.74, 6) is -0.124. The number of amides is 1. The number of rotatable bonds is 3. The van der Waals surface area contributed by atoms with Crippen LogP contribution in [0, 0.1) is 13.8 Å². The second-order valence-electron chi connectivity index (χ2n) is 7.46. The summed E-state index contributed by atoms with van der Waals surface area (Å²) >= 11 is 0. The topological polar surface area (TPSA) is 76.1 Å². The monoisotopic (exact) mass is 394 g/mol. The Balaban J connectivity index is 1.77. The van der Waals surface area contributed by atoms with Gasteiger partial charge in [0, 0.05) is 17.0 Å². The molecule has 28 heavy (non-hydrogen) atoms. The van der Waals surface area contributed by atoms with Crippen molar-refractivity contribution >= 4 is 26.6 Å². The van der Waals surface area contributed by atoms with Crippen LogP contribution in [0.4, 0.5) is 0 Å². The van der Waals surface area contributed by atoms with Gasteiger partial charge in [0.1, 0.15) is 0 Å². The molecule has 1 fully saturated rings. The fourth-order valence-corrected chi connectivity index (χ4v) is 5.45. The molecule has 1 aromatic heterocycles. The molecule has 1 amide bonds. The van der Waals surface area contributed by atoms with Crippen LogP contribution in [0.15, 0.2) is 48.5 Å². The van der Waals surface area contributed by atoms with Gasteiger partial charge in [0.05, 0.1) is 28.3 Å². The molecule has 6 heteroatoms. The number of benzene rings is 2. The van der Waals surface area contributed by atoms with E-state index in [1.165, 1.54) is 5.56 Å². The summed E-state index contributed by atoms with van der Waals surface area (Å²) in [5.41, 5.74) is 5.24. The summed E-state index contributed by atoms with van der Waals surface area (Å²) in [6.07, 6.45) is 0.459. The maximum atomic E-state index is 13.0.